The molecule has 0 aliphatic heterocycles. The van der Waals surface area contributed by atoms with E-state index in [1.807, 2.05) is 6.07 Å². The van der Waals surface area contributed by atoms with Crippen LogP contribution in [0.15, 0.2) is 152 Å². The molecule has 0 saturated heterocycles. The summed E-state index contributed by atoms with van der Waals surface area (Å²) < 4.78 is 2.18. The van der Waals surface area contributed by atoms with Crippen LogP contribution in [0.4, 0.5) is 0 Å². The molecule has 3 nitrogen and oxygen atoms in total. The molecule has 7 aromatic carbocycles. The van der Waals surface area contributed by atoms with Gasteiger partial charge in [-0.1, -0.05) is 133 Å². The molecule has 0 unspecified atom stereocenters. The van der Waals surface area contributed by atoms with Gasteiger partial charge in [0.05, 0.1) is 22.4 Å². The highest BCUT2D eigenvalue weighted by Gasteiger charge is 2.21. The summed E-state index contributed by atoms with van der Waals surface area (Å²) >= 11 is 0. The van der Waals surface area contributed by atoms with Gasteiger partial charge in [-0.15, -0.1) is 0 Å². The molecule has 0 aliphatic carbocycles. The topological polar surface area (TPSA) is 30.2 Å². The smallest absolute Gasteiger partial charge is 0.235 e. The first kappa shape index (κ1) is 23.9. The lowest BCUT2D eigenvalue weighted by Crippen LogP contribution is -1.99. The van der Waals surface area contributed by atoms with Crippen LogP contribution in [0.5, 0.6) is 0 Å². The number of hydrogen-bond donors (Lipinski definition) is 0. The third-order valence-corrected chi connectivity index (χ3v) is 8.59. The van der Waals surface area contributed by atoms with Crippen LogP contribution in [-0.4, -0.2) is 14.4 Å². The van der Waals surface area contributed by atoms with Crippen LogP contribution in [0.3, 0.4) is 0 Å². The number of fused-ring (bicyclic) bond motifs is 6. The zero-order valence-electron chi connectivity index (χ0n) is 23.3. The van der Waals surface area contributed by atoms with Crippen molar-refractivity contribution in [1.29, 1.82) is 0 Å². The number of hydrogen-bond acceptors (Lipinski definition) is 2. The summed E-state index contributed by atoms with van der Waals surface area (Å²) in [6.07, 6.45) is 0. The number of para-hydroxylation sites is 2. The average Bonchev–Trinajstić information content (AvgIpc) is 3.45. The number of aromatic nitrogens is 3. The highest BCUT2D eigenvalue weighted by molar-refractivity contribution is 6.23. The fourth-order valence-corrected chi connectivity index (χ4v) is 6.75. The van der Waals surface area contributed by atoms with Crippen molar-refractivity contribution in [3.05, 3.63) is 152 Å². The third kappa shape index (κ3) is 3.62. The maximum atomic E-state index is 5.27. The minimum atomic E-state index is 0.698. The summed E-state index contributed by atoms with van der Waals surface area (Å²) in [4.78, 5) is 10.3. The molecular weight excluding hydrogens is 522 g/mol. The number of benzene rings is 7. The molecule has 0 fully saturated rings. The largest absolute Gasteiger partial charge is 0.276 e. The highest BCUT2D eigenvalue weighted by Crippen LogP contribution is 2.45. The Kier molecular flexibility index (Phi) is 5.20. The molecule has 0 spiro atoms. The summed E-state index contributed by atoms with van der Waals surface area (Å²) in [5, 5.41) is 7.27. The quantitative estimate of drug-likeness (QED) is 0.206. The van der Waals surface area contributed by atoms with E-state index in [2.05, 4.69) is 150 Å². The minimum Gasteiger partial charge on any atom is -0.276 e. The van der Waals surface area contributed by atoms with Crippen molar-refractivity contribution in [2.75, 3.05) is 0 Å². The van der Waals surface area contributed by atoms with Gasteiger partial charge in [-0.2, -0.15) is 0 Å². The second-order valence-corrected chi connectivity index (χ2v) is 11.0. The Bertz CT molecular complexity index is 2450. The van der Waals surface area contributed by atoms with Gasteiger partial charge in [-0.05, 0) is 67.2 Å². The van der Waals surface area contributed by atoms with Crippen LogP contribution in [0.25, 0.3) is 82.8 Å². The second kappa shape index (κ2) is 9.37. The van der Waals surface area contributed by atoms with Crippen LogP contribution in [0.2, 0.25) is 0 Å². The predicted octanol–water partition coefficient (Wildman–Crippen LogP) is 10.3. The Balaban J connectivity index is 1.44. The summed E-state index contributed by atoms with van der Waals surface area (Å²) in [7, 11) is 0. The monoisotopic (exact) mass is 547 g/mol. The molecule has 200 valence electrons. The zero-order valence-corrected chi connectivity index (χ0v) is 23.3. The van der Waals surface area contributed by atoms with Gasteiger partial charge in [-0.3, -0.25) is 4.40 Å². The van der Waals surface area contributed by atoms with Gasteiger partial charge in [0.25, 0.3) is 0 Å². The lowest BCUT2D eigenvalue weighted by Gasteiger charge is -2.19. The van der Waals surface area contributed by atoms with Crippen molar-refractivity contribution in [2.24, 2.45) is 0 Å². The molecule has 0 N–H and O–H groups in total. The number of imidazole rings is 1. The number of nitrogens with zero attached hydrogens (tertiary/aromatic N) is 3. The Labute approximate surface area is 248 Å². The fourth-order valence-electron chi connectivity index (χ4n) is 6.75. The number of rotatable bonds is 3. The van der Waals surface area contributed by atoms with E-state index in [9.17, 15) is 0 Å². The SMILES string of the molecule is c1ccc(-c2cc(-c3c4ccccc4c(-c4cccc5ccccc45)c4ccccc34)nc3nc4ccccc4n23)cc1. The molecule has 0 atom stereocenters. The highest BCUT2D eigenvalue weighted by atomic mass is 15.1. The second-order valence-electron chi connectivity index (χ2n) is 11.0. The van der Waals surface area contributed by atoms with Gasteiger partial charge in [0, 0.05) is 5.56 Å². The molecule has 3 heteroatoms. The summed E-state index contributed by atoms with van der Waals surface area (Å²) in [6, 6.07) is 53.9. The summed E-state index contributed by atoms with van der Waals surface area (Å²) in [5.74, 6) is 0.698. The van der Waals surface area contributed by atoms with Crippen LogP contribution >= 0.6 is 0 Å². The van der Waals surface area contributed by atoms with Gasteiger partial charge < -0.3 is 0 Å². The van der Waals surface area contributed by atoms with Crippen LogP contribution in [0.1, 0.15) is 0 Å². The summed E-state index contributed by atoms with van der Waals surface area (Å²) in [5.41, 5.74) is 8.72. The lowest BCUT2D eigenvalue weighted by molar-refractivity contribution is 1.15. The Morgan fingerprint density at radius 2 is 1.02 bits per heavy atom. The van der Waals surface area contributed by atoms with Gasteiger partial charge in [0.15, 0.2) is 0 Å². The van der Waals surface area contributed by atoms with Crippen molar-refractivity contribution in [3.63, 3.8) is 0 Å². The van der Waals surface area contributed by atoms with E-state index >= 15 is 0 Å². The molecule has 0 bridgehead atoms. The van der Waals surface area contributed by atoms with Gasteiger partial charge in [0.1, 0.15) is 0 Å². The van der Waals surface area contributed by atoms with Gasteiger partial charge in [-0.25, -0.2) is 9.97 Å². The molecule has 0 amide bonds. The van der Waals surface area contributed by atoms with E-state index in [1.54, 1.807) is 0 Å². The maximum Gasteiger partial charge on any atom is 0.235 e. The molecule has 0 aliphatic rings. The summed E-state index contributed by atoms with van der Waals surface area (Å²) in [6.45, 7) is 0. The molecule has 0 saturated carbocycles. The normalized spacial score (nSPS) is 11.7. The van der Waals surface area contributed by atoms with Crippen molar-refractivity contribution >= 4 is 49.1 Å². The van der Waals surface area contributed by atoms with Crippen molar-refractivity contribution < 1.29 is 0 Å². The first-order chi connectivity index (χ1) is 21.3. The predicted molar refractivity (Wildman–Crippen MR) is 179 cm³/mol. The molecule has 9 rings (SSSR count). The molecule has 2 heterocycles. The standard InChI is InChI=1S/C40H25N3/c1-2-14-27(15-3-1)37-25-35(42-40-41-34-23-10-11-24-36(34)43(37)40)39-32-20-8-6-18-30(32)38(31-19-7-9-21-33(31)39)29-22-12-16-26-13-4-5-17-28(26)29/h1-25H. The average molecular weight is 548 g/mol. The van der Waals surface area contributed by atoms with Crippen LogP contribution < -0.4 is 0 Å². The molecule has 9 aromatic rings. The maximum absolute atomic E-state index is 5.27. The van der Waals surface area contributed by atoms with Gasteiger partial charge >= 0.3 is 0 Å². The van der Waals surface area contributed by atoms with E-state index in [0.29, 0.717) is 5.78 Å². The third-order valence-electron chi connectivity index (χ3n) is 8.59. The van der Waals surface area contributed by atoms with Crippen molar-refractivity contribution in [3.8, 4) is 33.6 Å². The Morgan fingerprint density at radius 1 is 0.442 bits per heavy atom. The molecule has 43 heavy (non-hydrogen) atoms. The van der Waals surface area contributed by atoms with Crippen LogP contribution in [0, 0.1) is 0 Å². The molecule has 0 radical (unpaired) electrons. The molecular formula is C40H25N3. The fraction of sp³-hybridized carbons (Fsp3) is 0. The van der Waals surface area contributed by atoms with Crippen molar-refractivity contribution in [2.45, 2.75) is 0 Å². The Hall–Kier alpha value is -5.80. The Morgan fingerprint density at radius 3 is 1.77 bits per heavy atom. The van der Waals surface area contributed by atoms with Crippen molar-refractivity contribution in [1.82, 2.24) is 14.4 Å². The van der Waals surface area contributed by atoms with Gasteiger partial charge in [0.2, 0.25) is 5.78 Å². The van der Waals surface area contributed by atoms with E-state index in [1.165, 1.54) is 43.4 Å². The lowest BCUT2D eigenvalue weighted by atomic mass is 9.85. The minimum absolute atomic E-state index is 0.698. The van der Waals surface area contributed by atoms with E-state index in [-0.39, 0.29) is 0 Å². The zero-order chi connectivity index (χ0) is 28.3. The first-order valence-electron chi connectivity index (χ1n) is 14.6. The van der Waals surface area contributed by atoms with E-state index in [0.717, 1.165) is 33.5 Å². The molecule has 2 aromatic heterocycles. The van der Waals surface area contributed by atoms with Crippen LogP contribution in [-0.2, 0) is 0 Å². The first-order valence-corrected chi connectivity index (χ1v) is 14.6. The van der Waals surface area contributed by atoms with E-state index < -0.39 is 0 Å². The van der Waals surface area contributed by atoms with E-state index in [4.69, 9.17) is 9.97 Å².